The molecule has 21 heavy (non-hydrogen) atoms. The van der Waals surface area contributed by atoms with Crippen LogP contribution in [0, 0.1) is 5.82 Å². The number of pyridine rings is 1. The summed E-state index contributed by atoms with van der Waals surface area (Å²) >= 11 is 6.00. The third-order valence-electron chi connectivity index (χ3n) is 3.86. The number of anilines is 2. The molecule has 0 fully saturated rings. The van der Waals surface area contributed by atoms with Crippen molar-refractivity contribution >= 4 is 23.1 Å². The summed E-state index contributed by atoms with van der Waals surface area (Å²) in [6, 6.07) is 9.01. The summed E-state index contributed by atoms with van der Waals surface area (Å²) < 4.78 is 13.5. The number of rotatable bonds is 3. The molecule has 4 heteroatoms. The molecule has 0 N–H and O–H groups in total. The molecule has 2 aromatic rings. The van der Waals surface area contributed by atoms with Gasteiger partial charge in [0.1, 0.15) is 11.6 Å². The van der Waals surface area contributed by atoms with E-state index in [4.69, 9.17) is 16.6 Å². The standard InChI is InChI=1S/C17H18ClFN2/c1-11(2)15-7-12(10-18)8-17(20-15)21-6-5-13-3-4-14(19)9-16(13)21/h3-4,7-9,11H,5-6,10H2,1-2H3. The van der Waals surface area contributed by atoms with Gasteiger partial charge in [0.15, 0.2) is 0 Å². The number of aromatic nitrogens is 1. The Bertz CT molecular complexity index is 670. The summed E-state index contributed by atoms with van der Waals surface area (Å²) in [5, 5.41) is 0. The fraction of sp³-hybridized carbons (Fsp3) is 0.353. The van der Waals surface area contributed by atoms with Gasteiger partial charge in [-0.3, -0.25) is 0 Å². The Morgan fingerprint density at radius 3 is 2.81 bits per heavy atom. The molecule has 0 atom stereocenters. The van der Waals surface area contributed by atoms with Crippen molar-refractivity contribution in [3.8, 4) is 0 Å². The highest BCUT2D eigenvalue weighted by Gasteiger charge is 2.22. The zero-order chi connectivity index (χ0) is 15.0. The first-order chi connectivity index (χ1) is 10.1. The van der Waals surface area contributed by atoms with Gasteiger partial charge in [0.25, 0.3) is 0 Å². The zero-order valence-electron chi connectivity index (χ0n) is 12.2. The Kier molecular flexibility index (Phi) is 3.85. The molecule has 0 radical (unpaired) electrons. The lowest BCUT2D eigenvalue weighted by Gasteiger charge is -2.21. The van der Waals surface area contributed by atoms with Crippen LogP contribution < -0.4 is 4.90 Å². The van der Waals surface area contributed by atoms with Crippen LogP contribution in [-0.2, 0) is 12.3 Å². The minimum Gasteiger partial charge on any atom is -0.326 e. The molecule has 0 saturated heterocycles. The summed E-state index contributed by atoms with van der Waals surface area (Å²) in [6.07, 6.45) is 0.916. The molecule has 0 spiro atoms. The van der Waals surface area contributed by atoms with Crippen LogP contribution in [0.2, 0.25) is 0 Å². The Balaban J connectivity index is 2.06. The van der Waals surface area contributed by atoms with Gasteiger partial charge in [0.2, 0.25) is 0 Å². The number of hydrogen-bond donors (Lipinski definition) is 0. The van der Waals surface area contributed by atoms with Crippen molar-refractivity contribution in [3.05, 3.63) is 53.0 Å². The van der Waals surface area contributed by atoms with E-state index in [1.807, 2.05) is 18.2 Å². The first-order valence-corrected chi connectivity index (χ1v) is 7.74. The predicted octanol–water partition coefficient (Wildman–Crippen LogP) is 4.78. The molecule has 1 aromatic carbocycles. The molecule has 0 saturated carbocycles. The molecule has 1 aromatic heterocycles. The Hall–Kier alpha value is -1.61. The third kappa shape index (κ3) is 2.75. The molecule has 3 rings (SSSR count). The number of hydrogen-bond acceptors (Lipinski definition) is 2. The van der Waals surface area contributed by atoms with Crippen molar-refractivity contribution < 1.29 is 4.39 Å². The van der Waals surface area contributed by atoms with Gasteiger partial charge in [0, 0.05) is 23.8 Å². The van der Waals surface area contributed by atoms with Gasteiger partial charge in [0.05, 0.1) is 0 Å². The van der Waals surface area contributed by atoms with Crippen LogP contribution in [0.5, 0.6) is 0 Å². The van der Waals surface area contributed by atoms with Crippen molar-refractivity contribution in [2.45, 2.75) is 32.1 Å². The van der Waals surface area contributed by atoms with Crippen LogP contribution in [0.25, 0.3) is 0 Å². The Labute approximate surface area is 129 Å². The Morgan fingerprint density at radius 2 is 2.10 bits per heavy atom. The monoisotopic (exact) mass is 304 g/mol. The lowest BCUT2D eigenvalue weighted by Crippen LogP contribution is -2.16. The molecule has 0 aliphatic carbocycles. The maximum absolute atomic E-state index is 13.5. The lowest BCUT2D eigenvalue weighted by atomic mass is 10.1. The van der Waals surface area contributed by atoms with E-state index in [0.717, 1.165) is 35.7 Å². The summed E-state index contributed by atoms with van der Waals surface area (Å²) in [5.74, 6) is 1.44. The highest BCUT2D eigenvalue weighted by molar-refractivity contribution is 6.17. The van der Waals surface area contributed by atoms with Gasteiger partial charge in [-0.1, -0.05) is 19.9 Å². The van der Waals surface area contributed by atoms with Gasteiger partial charge < -0.3 is 4.90 Å². The van der Waals surface area contributed by atoms with Gasteiger partial charge in [-0.25, -0.2) is 9.37 Å². The smallest absolute Gasteiger partial charge is 0.133 e. The first-order valence-electron chi connectivity index (χ1n) is 7.21. The number of alkyl halides is 1. The van der Waals surface area contributed by atoms with Crippen LogP contribution >= 0.6 is 11.6 Å². The molecule has 1 aliphatic heterocycles. The summed E-state index contributed by atoms with van der Waals surface area (Å²) in [4.78, 5) is 6.82. The largest absolute Gasteiger partial charge is 0.326 e. The van der Waals surface area contributed by atoms with E-state index < -0.39 is 0 Å². The average Bonchev–Trinajstić information content (AvgIpc) is 2.89. The van der Waals surface area contributed by atoms with E-state index in [1.165, 1.54) is 11.6 Å². The second-order valence-electron chi connectivity index (χ2n) is 5.72. The minimum atomic E-state index is -0.210. The molecule has 110 valence electrons. The van der Waals surface area contributed by atoms with E-state index in [0.29, 0.717) is 11.8 Å². The zero-order valence-corrected chi connectivity index (χ0v) is 13.0. The van der Waals surface area contributed by atoms with Crippen LogP contribution in [0.3, 0.4) is 0 Å². The highest BCUT2D eigenvalue weighted by Crippen LogP contribution is 2.35. The lowest BCUT2D eigenvalue weighted by molar-refractivity contribution is 0.628. The van der Waals surface area contributed by atoms with Crippen LogP contribution in [0.15, 0.2) is 30.3 Å². The van der Waals surface area contributed by atoms with E-state index in [1.54, 1.807) is 6.07 Å². The minimum absolute atomic E-state index is 0.210. The molecular weight excluding hydrogens is 287 g/mol. The van der Waals surface area contributed by atoms with E-state index in [2.05, 4.69) is 18.7 Å². The Morgan fingerprint density at radius 1 is 1.29 bits per heavy atom. The molecule has 0 amide bonds. The van der Waals surface area contributed by atoms with Crippen molar-refractivity contribution in [2.75, 3.05) is 11.4 Å². The fourth-order valence-corrected chi connectivity index (χ4v) is 2.85. The second-order valence-corrected chi connectivity index (χ2v) is 5.99. The maximum Gasteiger partial charge on any atom is 0.133 e. The molecule has 0 unspecified atom stereocenters. The maximum atomic E-state index is 13.5. The van der Waals surface area contributed by atoms with Gasteiger partial charge in [-0.05, 0) is 47.7 Å². The summed E-state index contributed by atoms with van der Waals surface area (Å²) in [6.45, 7) is 5.05. The van der Waals surface area contributed by atoms with Crippen molar-refractivity contribution in [3.63, 3.8) is 0 Å². The molecule has 2 nitrogen and oxygen atoms in total. The van der Waals surface area contributed by atoms with Crippen molar-refractivity contribution in [1.82, 2.24) is 4.98 Å². The van der Waals surface area contributed by atoms with Gasteiger partial charge in [-0.15, -0.1) is 11.6 Å². The number of fused-ring (bicyclic) bond motifs is 1. The van der Waals surface area contributed by atoms with E-state index >= 15 is 0 Å². The topological polar surface area (TPSA) is 16.1 Å². The van der Waals surface area contributed by atoms with E-state index in [-0.39, 0.29) is 5.82 Å². The molecule has 0 bridgehead atoms. The quantitative estimate of drug-likeness (QED) is 0.759. The SMILES string of the molecule is CC(C)c1cc(CCl)cc(N2CCc3ccc(F)cc32)n1. The molecule has 1 aliphatic rings. The number of halogens is 2. The summed E-state index contributed by atoms with van der Waals surface area (Å²) in [5.41, 5.74) is 4.16. The second kappa shape index (κ2) is 5.64. The fourth-order valence-electron chi connectivity index (χ4n) is 2.70. The summed E-state index contributed by atoms with van der Waals surface area (Å²) in [7, 11) is 0. The van der Waals surface area contributed by atoms with Crippen molar-refractivity contribution in [2.24, 2.45) is 0 Å². The number of benzene rings is 1. The first kappa shape index (κ1) is 14.3. The highest BCUT2D eigenvalue weighted by atomic mass is 35.5. The predicted molar refractivity (Wildman–Crippen MR) is 85.0 cm³/mol. The molecular formula is C17H18ClFN2. The van der Waals surface area contributed by atoms with Crippen LogP contribution in [-0.4, -0.2) is 11.5 Å². The normalized spacial score (nSPS) is 13.9. The van der Waals surface area contributed by atoms with Crippen molar-refractivity contribution in [1.29, 1.82) is 0 Å². The number of nitrogens with zero attached hydrogens (tertiary/aromatic N) is 2. The van der Waals surface area contributed by atoms with Gasteiger partial charge >= 0.3 is 0 Å². The average molecular weight is 305 g/mol. The van der Waals surface area contributed by atoms with E-state index in [9.17, 15) is 4.39 Å². The van der Waals surface area contributed by atoms with Crippen LogP contribution in [0.1, 0.15) is 36.6 Å². The van der Waals surface area contributed by atoms with Gasteiger partial charge in [-0.2, -0.15) is 0 Å². The third-order valence-corrected chi connectivity index (χ3v) is 4.17. The molecule has 2 heterocycles. The van der Waals surface area contributed by atoms with Crippen LogP contribution in [0.4, 0.5) is 15.9 Å².